The Kier molecular flexibility index (Phi) is 4.10. The van der Waals surface area contributed by atoms with Crippen LogP contribution in [0.4, 0.5) is 0 Å². The summed E-state index contributed by atoms with van der Waals surface area (Å²) in [4.78, 5) is 18.3. The third-order valence-electron chi connectivity index (χ3n) is 4.84. The molecule has 1 saturated heterocycles. The third kappa shape index (κ3) is 2.47. The Morgan fingerprint density at radius 3 is 2.95 bits per heavy atom. The van der Waals surface area contributed by atoms with Crippen molar-refractivity contribution in [3.05, 3.63) is 29.5 Å². The fourth-order valence-corrected chi connectivity index (χ4v) is 3.48. The first-order chi connectivity index (χ1) is 10.7. The number of nitrogens with one attached hydrogen (secondary N) is 1. The van der Waals surface area contributed by atoms with Crippen LogP contribution >= 0.6 is 0 Å². The van der Waals surface area contributed by atoms with E-state index in [-0.39, 0.29) is 5.91 Å². The molecule has 22 heavy (non-hydrogen) atoms. The number of methoxy groups -OCH3 is 1. The van der Waals surface area contributed by atoms with Crippen molar-refractivity contribution in [3.8, 4) is 5.75 Å². The monoisotopic (exact) mass is 300 g/mol. The predicted octanol–water partition coefficient (Wildman–Crippen LogP) is 3.89. The molecule has 1 amide bonds. The molecule has 2 heterocycles. The van der Waals surface area contributed by atoms with Crippen molar-refractivity contribution in [3.63, 3.8) is 0 Å². The molecular weight excluding hydrogens is 276 g/mol. The minimum Gasteiger partial charge on any atom is -0.497 e. The van der Waals surface area contributed by atoms with E-state index < -0.39 is 0 Å². The maximum Gasteiger partial charge on any atom is 0.270 e. The summed E-state index contributed by atoms with van der Waals surface area (Å²) in [6.07, 6.45) is 4.48. The number of carbonyl (C=O) groups excluding carboxylic acids is 1. The number of hydrogen-bond acceptors (Lipinski definition) is 2. The van der Waals surface area contributed by atoms with Gasteiger partial charge in [-0.3, -0.25) is 4.79 Å². The molecule has 1 fully saturated rings. The Bertz CT molecular complexity index is 690. The van der Waals surface area contributed by atoms with E-state index in [9.17, 15) is 4.79 Å². The van der Waals surface area contributed by atoms with Crippen molar-refractivity contribution in [1.29, 1.82) is 0 Å². The lowest BCUT2D eigenvalue weighted by atomic mass is 9.99. The molecule has 0 saturated carbocycles. The minimum absolute atomic E-state index is 0.138. The van der Waals surface area contributed by atoms with Crippen LogP contribution in [-0.2, 0) is 0 Å². The number of nitrogens with zero attached hydrogens (tertiary/aromatic N) is 1. The van der Waals surface area contributed by atoms with Crippen molar-refractivity contribution in [2.45, 2.75) is 45.6 Å². The van der Waals surface area contributed by atoms with Gasteiger partial charge in [0, 0.05) is 23.5 Å². The van der Waals surface area contributed by atoms with Crippen molar-refractivity contribution in [2.75, 3.05) is 13.7 Å². The first-order valence-corrected chi connectivity index (χ1v) is 8.13. The van der Waals surface area contributed by atoms with Crippen LogP contribution in [0.25, 0.3) is 10.9 Å². The van der Waals surface area contributed by atoms with E-state index in [0.29, 0.717) is 6.04 Å². The molecule has 4 nitrogen and oxygen atoms in total. The molecular formula is C18H24N2O2. The lowest BCUT2D eigenvalue weighted by Gasteiger charge is -2.35. The highest BCUT2D eigenvalue weighted by molar-refractivity contribution is 6.01. The van der Waals surface area contributed by atoms with E-state index in [1.54, 1.807) is 7.11 Å². The maximum absolute atomic E-state index is 13.0. The highest BCUT2D eigenvalue weighted by Crippen LogP contribution is 2.28. The number of hydrogen-bond donors (Lipinski definition) is 1. The van der Waals surface area contributed by atoms with Crippen molar-refractivity contribution < 1.29 is 9.53 Å². The fourth-order valence-electron chi connectivity index (χ4n) is 3.48. The second kappa shape index (κ2) is 6.03. The van der Waals surface area contributed by atoms with Crippen LogP contribution < -0.4 is 4.74 Å². The molecule has 1 aliphatic heterocycles. The Balaban J connectivity index is 1.98. The number of aryl methyl sites for hydroxylation is 1. The summed E-state index contributed by atoms with van der Waals surface area (Å²) in [5.41, 5.74) is 2.73. The number of aromatic amines is 1. The number of carbonyl (C=O) groups is 1. The molecule has 118 valence electrons. The molecule has 0 bridgehead atoms. The molecule has 1 atom stereocenters. The summed E-state index contributed by atoms with van der Waals surface area (Å²) in [7, 11) is 1.66. The van der Waals surface area contributed by atoms with E-state index in [4.69, 9.17) is 4.74 Å². The zero-order valence-electron chi connectivity index (χ0n) is 13.6. The second-order valence-corrected chi connectivity index (χ2v) is 6.09. The SMILES string of the molecule is CCC1CCCCN1C(=O)c1[nH]c2ccc(OC)cc2c1C. The highest BCUT2D eigenvalue weighted by Gasteiger charge is 2.28. The molecule has 0 radical (unpaired) electrons. The van der Waals surface area contributed by atoms with Crippen LogP contribution in [0, 0.1) is 6.92 Å². The van der Waals surface area contributed by atoms with Gasteiger partial charge in [-0.05, 0) is 56.4 Å². The minimum atomic E-state index is 0.138. The van der Waals surface area contributed by atoms with Crippen LogP contribution in [0.2, 0.25) is 0 Å². The summed E-state index contributed by atoms with van der Waals surface area (Å²) in [6.45, 7) is 5.05. The number of amides is 1. The Hall–Kier alpha value is -1.97. The van der Waals surface area contributed by atoms with Crippen molar-refractivity contribution in [1.82, 2.24) is 9.88 Å². The normalized spacial score (nSPS) is 18.7. The van der Waals surface area contributed by atoms with Gasteiger partial charge in [0.1, 0.15) is 11.4 Å². The maximum atomic E-state index is 13.0. The molecule has 0 aliphatic carbocycles. The van der Waals surface area contributed by atoms with Crippen LogP contribution in [0.3, 0.4) is 0 Å². The molecule has 1 N–H and O–H groups in total. The second-order valence-electron chi connectivity index (χ2n) is 6.09. The van der Waals surface area contributed by atoms with Gasteiger partial charge in [0.05, 0.1) is 7.11 Å². The quantitative estimate of drug-likeness (QED) is 0.934. The largest absolute Gasteiger partial charge is 0.497 e. The van der Waals surface area contributed by atoms with E-state index in [1.807, 2.05) is 25.1 Å². The first-order valence-electron chi connectivity index (χ1n) is 8.13. The third-order valence-corrected chi connectivity index (χ3v) is 4.84. The van der Waals surface area contributed by atoms with Gasteiger partial charge in [0.2, 0.25) is 0 Å². The molecule has 3 rings (SSSR count). The first kappa shape index (κ1) is 14.9. The molecule has 0 spiro atoms. The number of likely N-dealkylation sites (tertiary alicyclic amines) is 1. The zero-order valence-corrected chi connectivity index (χ0v) is 13.6. The lowest BCUT2D eigenvalue weighted by Crippen LogP contribution is -2.43. The van der Waals surface area contributed by atoms with Gasteiger partial charge in [-0.15, -0.1) is 0 Å². The standard InChI is InChI=1S/C18H24N2O2/c1-4-13-7-5-6-10-20(13)18(21)17-12(2)15-11-14(22-3)8-9-16(15)19-17/h8-9,11,13,19H,4-7,10H2,1-3H3. The Morgan fingerprint density at radius 2 is 2.23 bits per heavy atom. The molecule has 4 heteroatoms. The van der Waals surface area contributed by atoms with E-state index in [1.165, 1.54) is 6.42 Å². The molecule has 1 aromatic heterocycles. The Labute approximate surface area is 131 Å². The van der Waals surface area contributed by atoms with Crippen molar-refractivity contribution in [2.24, 2.45) is 0 Å². The number of piperidine rings is 1. The number of benzene rings is 1. The van der Waals surface area contributed by atoms with Gasteiger partial charge < -0.3 is 14.6 Å². The van der Waals surface area contributed by atoms with Gasteiger partial charge in [0.25, 0.3) is 5.91 Å². The van der Waals surface area contributed by atoms with Gasteiger partial charge in [-0.1, -0.05) is 6.92 Å². The molecule has 1 aliphatic rings. The fraction of sp³-hybridized carbons (Fsp3) is 0.500. The summed E-state index contributed by atoms with van der Waals surface area (Å²) in [6, 6.07) is 6.26. The predicted molar refractivity (Wildman–Crippen MR) is 88.6 cm³/mol. The average molecular weight is 300 g/mol. The number of aromatic nitrogens is 1. The van der Waals surface area contributed by atoms with E-state index in [0.717, 1.165) is 53.7 Å². The Morgan fingerprint density at radius 1 is 1.41 bits per heavy atom. The van der Waals surface area contributed by atoms with Crippen LogP contribution in [0.1, 0.15) is 48.7 Å². The molecule has 1 aromatic carbocycles. The smallest absolute Gasteiger partial charge is 0.270 e. The van der Waals surface area contributed by atoms with E-state index >= 15 is 0 Å². The summed E-state index contributed by atoms with van der Waals surface area (Å²) in [5, 5.41) is 1.06. The number of rotatable bonds is 3. The van der Waals surface area contributed by atoms with Gasteiger partial charge in [-0.25, -0.2) is 0 Å². The average Bonchev–Trinajstić information content (AvgIpc) is 2.90. The molecule has 1 unspecified atom stereocenters. The van der Waals surface area contributed by atoms with E-state index in [2.05, 4.69) is 16.8 Å². The van der Waals surface area contributed by atoms with Crippen molar-refractivity contribution >= 4 is 16.8 Å². The lowest BCUT2D eigenvalue weighted by molar-refractivity contribution is 0.0602. The topological polar surface area (TPSA) is 45.3 Å². The number of fused-ring (bicyclic) bond motifs is 1. The number of ether oxygens (including phenoxy) is 1. The zero-order chi connectivity index (χ0) is 15.7. The highest BCUT2D eigenvalue weighted by atomic mass is 16.5. The summed E-state index contributed by atoms with van der Waals surface area (Å²) < 4.78 is 5.29. The van der Waals surface area contributed by atoms with Crippen LogP contribution in [0.5, 0.6) is 5.75 Å². The summed E-state index contributed by atoms with van der Waals surface area (Å²) in [5.74, 6) is 0.956. The van der Waals surface area contributed by atoms with Gasteiger partial charge in [0.15, 0.2) is 0 Å². The van der Waals surface area contributed by atoms with Gasteiger partial charge >= 0.3 is 0 Å². The summed E-state index contributed by atoms with van der Waals surface area (Å²) >= 11 is 0. The number of H-pyrrole nitrogens is 1. The van der Waals surface area contributed by atoms with Crippen LogP contribution in [0.15, 0.2) is 18.2 Å². The van der Waals surface area contributed by atoms with Gasteiger partial charge in [-0.2, -0.15) is 0 Å². The molecule has 2 aromatic rings. The van der Waals surface area contributed by atoms with Crippen LogP contribution in [-0.4, -0.2) is 35.5 Å².